The summed E-state index contributed by atoms with van der Waals surface area (Å²) in [5, 5.41) is 11.5. The third-order valence-electron chi connectivity index (χ3n) is 7.01. The molecule has 0 aliphatic carbocycles. The molecule has 1 saturated heterocycles. The van der Waals surface area contributed by atoms with Gasteiger partial charge in [-0.3, -0.25) is 14.5 Å². The number of H-pyrrole nitrogens is 1. The van der Waals surface area contributed by atoms with E-state index < -0.39 is 23.5 Å². The Kier molecular flexibility index (Phi) is 5.67. The summed E-state index contributed by atoms with van der Waals surface area (Å²) < 4.78 is 25.1. The quantitative estimate of drug-likeness (QED) is 0.210. The average molecular weight is 528 g/mol. The summed E-state index contributed by atoms with van der Waals surface area (Å²) >= 11 is 0. The number of fused-ring (bicyclic) bond motifs is 2. The average Bonchev–Trinajstić information content (AvgIpc) is 3.45. The fourth-order valence-corrected chi connectivity index (χ4v) is 4.96. The van der Waals surface area contributed by atoms with Crippen molar-refractivity contribution in [2.24, 2.45) is 0 Å². The summed E-state index contributed by atoms with van der Waals surface area (Å²) in [6.07, 6.45) is 0. The van der Waals surface area contributed by atoms with Gasteiger partial charge in [-0.05, 0) is 52.9 Å². The minimum atomic E-state index is -0.988. The third kappa shape index (κ3) is 4.20. The Morgan fingerprint density at radius 3 is 2.44 bits per heavy atom. The van der Waals surface area contributed by atoms with Crippen LogP contribution in [0.25, 0.3) is 16.8 Å². The van der Waals surface area contributed by atoms with E-state index in [0.29, 0.717) is 46.9 Å². The van der Waals surface area contributed by atoms with Crippen molar-refractivity contribution < 1.29 is 28.6 Å². The van der Waals surface area contributed by atoms with Crippen LogP contribution in [-0.2, 0) is 15.0 Å². The number of aromatic amines is 1. The van der Waals surface area contributed by atoms with Crippen LogP contribution in [-0.4, -0.2) is 40.0 Å². The molecule has 3 aromatic carbocycles. The molecule has 2 N–H and O–H groups in total. The fraction of sp³-hybridized carbons (Fsp3) is 0.233. The molecule has 2 aliphatic rings. The van der Waals surface area contributed by atoms with Crippen molar-refractivity contribution in [3.63, 3.8) is 0 Å². The Labute approximate surface area is 223 Å². The van der Waals surface area contributed by atoms with Gasteiger partial charge in [0.1, 0.15) is 24.8 Å². The molecule has 3 heterocycles. The minimum absolute atomic E-state index is 0.0730. The molecule has 4 aromatic rings. The van der Waals surface area contributed by atoms with E-state index >= 15 is 0 Å². The van der Waals surface area contributed by atoms with Crippen molar-refractivity contribution in [3.8, 4) is 11.5 Å². The van der Waals surface area contributed by atoms with E-state index in [2.05, 4.69) is 30.7 Å². The third-order valence-corrected chi connectivity index (χ3v) is 7.01. The molecule has 1 aromatic heterocycles. The van der Waals surface area contributed by atoms with Gasteiger partial charge >= 0.3 is 5.91 Å². The number of nitrogens with one attached hydrogen (secondary N) is 1. The Bertz CT molecular complexity index is 1670. The minimum Gasteiger partial charge on any atom is -0.507 e. The Balaban J connectivity index is 1.53. The van der Waals surface area contributed by atoms with E-state index in [1.807, 2.05) is 24.3 Å². The molecule has 1 amide bonds. The zero-order valence-corrected chi connectivity index (χ0v) is 21.6. The Morgan fingerprint density at radius 1 is 1.00 bits per heavy atom. The number of aliphatic hydroxyl groups excluding tert-OH is 1. The molecule has 1 unspecified atom stereocenters. The number of imidazole rings is 1. The largest absolute Gasteiger partial charge is 0.507 e. The monoisotopic (exact) mass is 527 g/mol. The zero-order chi connectivity index (χ0) is 27.5. The number of carbonyl (C=O) groups is 2. The number of nitrogens with zero attached hydrogens (tertiary/aromatic N) is 2. The highest BCUT2D eigenvalue weighted by molar-refractivity contribution is 6.51. The number of aliphatic hydroxyl groups is 1. The van der Waals surface area contributed by atoms with Crippen LogP contribution in [0.15, 0.2) is 66.2 Å². The van der Waals surface area contributed by atoms with Gasteiger partial charge in [0.15, 0.2) is 11.5 Å². The number of rotatable bonds is 3. The standard InChI is InChI=1S/C30H26FN3O5/c1-30(2,3)18-7-4-16(5-8-18)25-24(26(35)17-6-11-22-23(14-17)39-13-12-38-22)27(36)28(37)34(25)29-32-20-10-9-19(31)15-21(20)33-29/h4-11,14-15,25,35H,12-13H2,1-3H3,(H,32,33)/b26-24+. The molecular formula is C30H26FN3O5. The summed E-state index contributed by atoms with van der Waals surface area (Å²) in [4.78, 5) is 35.6. The number of amides is 1. The lowest BCUT2D eigenvalue weighted by atomic mass is 9.85. The van der Waals surface area contributed by atoms with Crippen LogP contribution in [0.2, 0.25) is 0 Å². The Hall–Kier alpha value is -4.66. The first-order valence-electron chi connectivity index (χ1n) is 12.6. The van der Waals surface area contributed by atoms with Crippen LogP contribution in [0, 0.1) is 5.82 Å². The van der Waals surface area contributed by atoms with Gasteiger partial charge in [0.25, 0.3) is 5.78 Å². The Morgan fingerprint density at radius 2 is 1.72 bits per heavy atom. The maximum atomic E-state index is 13.9. The van der Waals surface area contributed by atoms with Gasteiger partial charge in [-0.1, -0.05) is 45.0 Å². The van der Waals surface area contributed by atoms with E-state index in [1.54, 1.807) is 18.2 Å². The van der Waals surface area contributed by atoms with Crippen molar-refractivity contribution in [2.45, 2.75) is 32.2 Å². The van der Waals surface area contributed by atoms with Gasteiger partial charge in [-0.25, -0.2) is 9.37 Å². The first kappa shape index (κ1) is 24.7. The number of ether oxygens (including phenoxy) is 2. The molecule has 0 radical (unpaired) electrons. The normalized spacial score (nSPS) is 18.7. The smallest absolute Gasteiger partial charge is 0.302 e. The topological polar surface area (TPSA) is 105 Å². The van der Waals surface area contributed by atoms with Crippen molar-refractivity contribution in [3.05, 3.63) is 88.7 Å². The highest BCUT2D eigenvalue weighted by Crippen LogP contribution is 2.43. The van der Waals surface area contributed by atoms with Crippen molar-refractivity contribution in [1.82, 2.24) is 9.97 Å². The van der Waals surface area contributed by atoms with E-state index in [9.17, 15) is 19.1 Å². The van der Waals surface area contributed by atoms with Crippen LogP contribution in [0.3, 0.4) is 0 Å². The van der Waals surface area contributed by atoms with Crippen molar-refractivity contribution in [2.75, 3.05) is 18.1 Å². The van der Waals surface area contributed by atoms with Gasteiger partial charge in [0.2, 0.25) is 5.95 Å². The lowest BCUT2D eigenvalue weighted by molar-refractivity contribution is -0.132. The number of benzene rings is 3. The highest BCUT2D eigenvalue weighted by atomic mass is 19.1. The summed E-state index contributed by atoms with van der Waals surface area (Å²) in [7, 11) is 0. The fourth-order valence-electron chi connectivity index (χ4n) is 4.96. The first-order valence-corrected chi connectivity index (χ1v) is 12.6. The second kappa shape index (κ2) is 8.97. The maximum Gasteiger partial charge on any atom is 0.302 e. The summed E-state index contributed by atoms with van der Waals surface area (Å²) in [5.74, 6) is -1.50. The van der Waals surface area contributed by atoms with Gasteiger partial charge in [0.05, 0.1) is 22.6 Å². The van der Waals surface area contributed by atoms with Crippen LogP contribution in [0.5, 0.6) is 11.5 Å². The molecule has 8 nitrogen and oxygen atoms in total. The molecular weight excluding hydrogens is 501 g/mol. The highest BCUT2D eigenvalue weighted by Gasteiger charge is 2.48. The van der Waals surface area contributed by atoms with Crippen LogP contribution in [0.1, 0.15) is 43.5 Å². The number of Topliss-reactive ketones (excluding diaryl/α,β-unsaturated/α-hetero) is 1. The molecule has 198 valence electrons. The summed E-state index contributed by atoms with van der Waals surface area (Å²) in [6.45, 7) is 7.03. The van der Waals surface area contributed by atoms with E-state index in [-0.39, 0.29) is 22.7 Å². The maximum absolute atomic E-state index is 13.9. The molecule has 0 spiro atoms. The lowest BCUT2D eigenvalue weighted by Gasteiger charge is -2.25. The van der Waals surface area contributed by atoms with Crippen molar-refractivity contribution >= 4 is 34.4 Å². The van der Waals surface area contributed by atoms with E-state index in [1.165, 1.54) is 23.1 Å². The van der Waals surface area contributed by atoms with E-state index in [0.717, 1.165) is 5.56 Å². The number of ketones is 1. The van der Waals surface area contributed by atoms with Crippen LogP contribution < -0.4 is 14.4 Å². The zero-order valence-electron chi connectivity index (χ0n) is 21.6. The number of aromatic nitrogens is 2. The molecule has 0 bridgehead atoms. The molecule has 2 aliphatic heterocycles. The molecule has 0 saturated carbocycles. The van der Waals surface area contributed by atoms with Crippen molar-refractivity contribution in [1.29, 1.82) is 0 Å². The molecule has 1 fully saturated rings. The molecule has 6 rings (SSSR count). The lowest BCUT2D eigenvalue weighted by Crippen LogP contribution is -2.30. The van der Waals surface area contributed by atoms with Crippen LogP contribution in [0.4, 0.5) is 10.3 Å². The number of halogens is 1. The predicted octanol–water partition coefficient (Wildman–Crippen LogP) is 5.40. The second-order valence-corrected chi connectivity index (χ2v) is 10.6. The van der Waals surface area contributed by atoms with E-state index in [4.69, 9.17) is 9.47 Å². The van der Waals surface area contributed by atoms with Crippen LogP contribution >= 0.6 is 0 Å². The number of anilines is 1. The predicted molar refractivity (Wildman–Crippen MR) is 143 cm³/mol. The molecule has 39 heavy (non-hydrogen) atoms. The number of hydrogen-bond acceptors (Lipinski definition) is 6. The van der Waals surface area contributed by atoms with Gasteiger partial charge in [-0.2, -0.15) is 0 Å². The molecule has 1 atom stereocenters. The van der Waals surface area contributed by atoms with Gasteiger partial charge in [-0.15, -0.1) is 0 Å². The number of carbonyl (C=O) groups excluding carboxylic acids is 2. The SMILES string of the molecule is CC(C)(C)c1ccc(C2/C(=C(\O)c3ccc4c(c3)OCCO4)C(=O)C(=O)N2c2nc3ccc(F)cc3[nH]2)cc1. The number of hydrogen-bond donors (Lipinski definition) is 2. The second-order valence-electron chi connectivity index (χ2n) is 10.6. The van der Waals surface area contributed by atoms with Gasteiger partial charge in [0, 0.05) is 5.56 Å². The summed E-state index contributed by atoms with van der Waals surface area (Å²) in [6, 6.07) is 15.4. The summed E-state index contributed by atoms with van der Waals surface area (Å²) in [5.41, 5.74) is 2.57. The first-order chi connectivity index (χ1) is 18.6. The molecule has 9 heteroatoms. The van der Waals surface area contributed by atoms with Gasteiger partial charge < -0.3 is 19.6 Å².